The Balaban J connectivity index is 1.61. The average molecular weight is 239 g/mol. The van der Waals surface area contributed by atoms with Crippen LogP contribution in [0.4, 0.5) is 0 Å². The molecule has 0 aromatic heterocycles. The van der Waals surface area contributed by atoms with Crippen LogP contribution in [0.15, 0.2) is 0 Å². The second-order valence-corrected chi connectivity index (χ2v) is 6.31. The van der Waals surface area contributed by atoms with Gasteiger partial charge in [0.15, 0.2) is 0 Å². The van der Waals surface area contributed by atoms with Crippen molar-refractivity contribution in [3.8, 4) is 0 Å². The molecule has 0 radical (unpaired) electrons. The predicted octanol–water partition coefficient (Wildman–Crippen LogP) is 1.45. The molecule has 2 aliphatic rings. The highest BCUT2D eigenvalue weighted by Gasteiger charge is 2.27. The molecule has 0 spiro atoms. The fraction of sp³-hybridized carbons (Fsp3) is 1.00. The minimum Gasteiger partial charge on any atom is -0.315 e. The highest BCUT2D eigenvalue weighted by Crippen LogP contribution is 2.28. The number of rotatable bonds is 6. The van der Waals surface area contributed by atoms with Gasteiger partial charge in [0, 0.05) is 38.3 Å². The Morgan fingerprint density at radius 3 is 2.53 bits per heavy atom. The lowest BCUT2D eigenvalue weighted by Crippen LogP contribution is -2.57. The first-order chi connectivity index (χ1) is 8.18. The van der Waals surface area contributed by atoms with E-state index in [1.807, 2.05) is 0 Å². The topological polar surface area (TPSA) is 27.3 Å². The summed E-state index contributed by atoms with van der Waals surface area (Å²) in [5.74, 6) is 1.03. The molecular weight excluding hydrogens is 210 g/mol. The van der Waals surface area contributed by atoms with E-state index in [1.54, 1.807) is 0 Å². The van der Waals surface area contributed by atoms with Crippen LogP contribution in [0.25, 0.3) is 0 Å². The third kappa shape index (κ3) is 3.94. The molecule has 1 heterocycles. The van der Waals surface area contributed by atoms with Crippen LogP contribution in [-0.4, -0.2) is 49.7 Å². The van der Waals surface area contributed by atoms with Crippen LogP contribution in [0.3, 0.4) is 0 Å². The summed E-state index contributed by atoms with van der Waals surface area (Å²) in [6.07, 6.45) is 5.81. The molecule has 1 saturated carbocycles. The molecule has 1 aliphatic heterocycles. The molecule has 0 bridgehead atoms. The van der Waals surface area contributed by atoms with Gasteiger partial charge in [0.2, 0.25) is 0 Å². The molecule has 1 aliphatic carbocycles. The summed E-state index contributed by atoms with van der Waals surface area (Å²) in [5.41, 5.74) is 0.307. The van der Waals surface area contributed by atoms with E-state index in [0.717, 1.165) is 25.6 Å². The van der Waals surface area contributed by atoms with Crippen LogP contribution < -0.4 is 10.6 Å². The molecule has 2 fully saturated rings. The Kier molecular flexibility index (Phi) is 4.83. The van der Waals surface area contributed by atoms with Crippen molar-refractivity contribution in [1.29, 1.82) is 0 Å². The van der Waals surface area contributed by atoms with Crippen LogP contribution >= 0.6 is 0 Å². The molecule has 0 unspecified atom stereocenters. The summed E-state index contributed by atoms with van der Waals surface area (Å²) in [7, 11) is 0. The number of hydrogen-bond acceptors (Lipinski definition) is 3. The van der Waals surface area contributed by atoms with Crippen molar-refractivity contribution < 1.29 is 0 Å². The standard InChI is InChI=1S/C14H29N3/c1-14(2,17-10-8-15-9-11-17)12-16-7-6-13-4-3-5-13/h13,15-16H,3-12H2,1-2H3. The second-order valence-electron chi connectivity index (χ2n) is 6.31. The Hall–Kier alpha value is -0.120. The van der Waals surface area contributed by atoms with Gasteiger partial charge in [-0.05, 0) is 32.7 Å². The van der Waals surface area contributed by atoms with E-state index in [4.69, 9.17) is 0 Å². The summed E-state index contributed by atoms with van der Waals surface area (Å²) in [4.78, 5) is 2.61. The minimum atomic E-state index is 0.307. The highest BCUT2D eigenvalue weighted by molar-refractivity contribution is 4.86. The number of nitrogens with one attached hydrogen (secondary N) is 2. The lowest BCUT2D eigenvalue weighted by atomic mass is 9.83. The molecular formula is C14H29N3. The predicted molar refractivity (Wildman–Crippen MR) is 73.3 cm³/mol. The van der Waals surface area contributed by atoms with Gasteiger partial charge < -0.3 is 10.6 Å². The maximum Gasteiger partial charge on any atom is 0.0278 e. The maximum atomic E-state index is 3.66. The molecule has 1 saturated heterocycles. The molecule has 0 aromatic rings. The van der Waals surface area contributed by atoms with Crippen molar-refractivity contribution in [3.63, 3.8) is 0 Å². The van der Waals surface area contributed by atoms with E-state index in [9.17, 15) is 0 Å². The molecule has 3 nitrogen and oxygen atoms in total. The third-order valence-corrected chi connectivity index (χ3v) is 4.48. The van der Waals surface area contributed by atoms with E-state index >= 15 is 0 Å². The minimum absolute atomic E-state index is 0.307. The van der Waals surface area contributed by atoms with Crippen LogP contribution in [0.2, 0.25) is 0 Å². The van der Waals surface area contributed by atoms with Gasteiger partial charge >= 0.3 is 0 Å². The van der Waals surface area contributed by atoms with E-state index in [2.05, 4.69) is 29.4 Å². The zero-order chi connectivity index (χ0) is 12.1. The monoisotopic (exact) mass is 239 g/mol. The maximum absolute atomic E-state index is 3.66. The van der Waals surface area contributed by atoms with Gasteiger partial charge in [-0.3, -0.25) is 4.90 Å². The van der Waals surface area contributed by atoms with Crippen molar-refractivity contribution in [2.75, 3.05) is 39.3 Å². The normalized spacial score (nSPS) is 23.6. The second kappa shape index (κ2) is 6.17. The summed E-state index contributed by atoms with van der Waals surface area (Å²) in [6.45, 7) is 11.7. The first kappa shape index (κ1) is 13.3. The SMILES string of the molecule is CC(C)(CNCCC1CCC1)N1CCNCC1. The quantitative estimate of drug-likeness (QED) is 0.687. The molecule has 2 N–H and O–H groups in total. The van der Waals surface area contributed by atoms with E-state index < -0.39 is 0 Å². The van der Waals surface area contributed by atoms with Crippen LogP contribution in [0, 0.1) is 5.92 Å². The average Bonchev–Trinajstić information content (AvgIpc) is 2.27. The first-order valence-corrected chi connectivity index (χ1v) is 7.35. The largest absolute Gasteiger partial charge is 0.315 e. The molecule has 0 amide bonds. The molecule has 17 heavy (non-hydrogen) atoms. The van der Waals surface area contributed by atoms with Crippen molar-refractivity contribution in [2.45, 2.75) is 45.1 Å². The van der Waals surface area contributed by atoms with E-state index in [0.29, 0.717) is 5.54 Å². The Bertz CT molecular complexity index is 218. The van der Waals surface area contributed by atoms with Crippen molar-refractivity contribution in [3.05, 3.63) is 0 Å². The number of hydrogen-bond donors (Lipinski definition) is 2. The van der Waals surface area contributed by atoms with Gasteiger partial charge in [-0.25, -0.2) is 0 Å². The Morgan fingerprint density at radius 2 is 1.94 bits per heavy atom. The molecule has 3 heteroatoms. The van der Waals surface area contributed by atoms with Crippen LogP contribution in [0.1, 0.15) is 39.5 Å². The summed E-state index contributed by atoms with van der Waals surface area (Å²) < 4.78 is 0. The van der Waals surface area contributed by atoms with Gasteiger partial charge in [-0.1, -0.05) is 19.3 Å². The lowest BCUT2D eigenvalue weighted by Gasteiger charge is -2.41. The summed E-state index contributed by atoms with van der Waals surface area (Å²) >= 11 is 0. The van der Waals surface area contributed by atoms with Crippen LogP contribution in [-0.2, 0) is 0 Å². The first-order valence-electron chi connectivity index (χ1n) is 7.35. The molecule has 2 rings (SSSR count). The van der Waals surface area contributed by atoms with Gasteiger partial charge in [-0.2, -0.15) is 0 Å². The van der Waals surface area contributed by atoms with E-state index in [1.165, 1.54) is 45.3 Å². The smallest absolute Gasteiger partial charge is 0.0278 e. The molecule has 100 valence electrons. The number of piperazine rings is 1. The van der Waals surface area contributed by atoms with Crippen molar-refractivity contribution in [2.24, 2.45) is 5.92 Å². The Labute approximate surface area is 106 Å². The Morgan fingerprint density at radius 1 is 1.24 bits per heavy atom. The zero-order valence-corrected chi connectivity index (χ0v) is 11.6. The fourth-order valence-electron chi connectivity index (χ4n) is 2.86. The van der Waals surface area contributed by atoms with Gasteiger partial charge in [0.05, 0.1) is 0 Å². The summed E-state index contributed by atoms with van der Waals surface area (Å²) in [6, 6.07) is 0. The van der Waals surface area contributed by atoms with Gasteiger partial charge in [-0.15, -0.1) is 0 Å². The number of nitrogens with zero attached hydrogens (tertiary/aromatic N) is 1. The van der Waals surface area contributed by atoms with Crippen molar-refractivity contribution in [1.82, 2.24) is 15.5 Å². The zero-order valence-electron chi connectivity index (χ0n) is 11.6. The third-order valence-electron chi connectivity index (χ3n) is 4.48. The lowest BCUT2D eigenvalue weighted by molar-refractivity contribution is 0.101. The van der Waals surface area contributed by atoms with Crippen molar-refractivity contribution >= 4 is 0 Å². The van der Waals surface area contributed by atoms with Gasteiger partial charge in [0.1, 0.15) is 0 Å². The highest BCUT2D eigenvalue weighted by atomic mass is 15.2. The summed E-state index contributed by atoms with van der Waals surface area (Å²) in [5, 5.41) is 7.08. The van der Waals surface area contributed by atoms with E-state index in [-0.39, 0.29) is 0 Å². The molecule has 0 atom stereocenters. The fourth-order valence-corrected chi connectivity index (χ4v) is 2.86. The molecule has 0 aromatic carbocycles. The van der Waals surface area contributed by atoms with Gasteiger partial charge in [0.25, 0.3) is 0 Å². The van der Waals surface area contributed by atoms with Crippen LogP contribution in [0.5, 0.6) is 0 Å².